The van der Waals surface area contributed by atoms with Gasteiger partial charge in [-0.25, -0.2) is 37.3 Å². The van der Waals surface area contributed by atoms with E-state index in [9.17, 15) is 0 Å². The van der Waals surface area contributed by atoms with Crippen LogP contribution < -0.4 is 37.3 Å². The van der Waals surface area contributed by atoms with E-state index in [1.54, 1.807) is 12.1 Å². The van der Waals surface area contributed by atoms with E-state index >= 15 is 0 Å². The molecule has 0 aliphatic carbocycles. The predicted molar refractivity (Wildman–Crippen MR) is 122 cm³/mol. The summed E-state index contributed by atoms with van der Waals surface area (Å²) in [6, 6.07) is 22.0. The zero-order chi connectivity index (χ0) is 32.1. The van der Waals surface area contributed by atoms with E-state index in [0.717, 1.165) is 53.8 Å². The number of halogens is 2. The van der Waals surface area contributed by atoms with Crippen LogP contribution in [0.4, 0.5) is 0 Å². The Balaban J connectivity index is -0.000000744. The Morgan fingerprint density at radius 1 is 0.571 bits per heavy atom. The van der Waals surface area contributed by atoms with Crippen LogP contribution in [0.2, 0.25) is 0 Å². The molecule has 0 unspecified atom stereocenters. The molecule has 0 aliphatic rings. The molecule has 0 amide bonds. The fraction of sp³-hybridized carbons (Fsp3) is 0.320. The van der Waals surface area contributed by atoms with Crippen LogP contribution in [-0.4, -0.2) is 19.9 Å². The van der Waals surface area contributed by atoms with Crippen LogP contribution >= 0.6 is 0 Å². The molecule has 14 nitrogen and oxygen atoms in total. The maximum Gasteiger partial charge on any atom is 2.00 e. The topological polar surface area (TPSA) is 274 Å². The van der Waals surface area contributed by atoms with Crippen molar-refractivity contribution in [1.29, 1.82) is 10.5 Å². The summed E-state index contributed by atoms with van der Waals surface area (Å²) in [4.78, 5) is 16.3. The van der Waals surface area contributed by atoms with Gasteiger partial charge >= 0.3 is 17.1 Å². The molecule has 0 atom stereocenters. The molecule has 42 heavy (non-hydrogen) atoms. The summed E-state index contributed by atoms with van der Waals surface area (Å²) in [5.41, 5.74) is 6.33. The Morgan fingerprint density at radius 3 is 0.929 bits per heavy atom. The van der Waals surface area contributed by atoms with Gasteiger partial charge in [-0.05, 0) is 57.2 Å². The zero-order valence-electron chi connectivity index (χ0n) is 23.4. The van der Waals surface area contributed by atoms with Crippen molar-refractivity contribution in [2.24, 2.45) is 0 Å². The number of aromatic nitrogens is 3. The SMILES string of the molecule is CC#N.CC#N.Cc1cccc(CN(Cc2cccc(C)n2)Cc2cccc(C)n2)n1.[Fe+2].[O-][Cl+3]([O-])([O-])[O-].[O-][Cl+3]([O-])([O-])[O-]. The number of pyridine rings is 3. The Morgan fingerprint density at radius 2 is 0.762 bits per heavy atom. The third-order valence-corrected chi connectivity index (χ3v) is 3.99. The van der Waals surface area contributed by atoms with Gasteiger partial charge in [0.25, 0.3) is 0 Å². The van der Waals surface area contributed by atoms with E-state index in [1.807, 2.05) is 39.0 Å². The van der Waals surface area contributed by atoms with Gasteiger partial charge in [-0.15, -0.1) is 20.5 Å². The van der Waals surface area contributed by atoms with Gasteiger partial charge in [0.1, 0.15) is 0 Å². The second-order valence-corrected chi connectivity index (χ2v) is 9.17. The average molecular weight is 669 g/mol. The fourth-order valence-corrected chi connectivity index (χ4v) is 2.92. The third-order valence-electron chi connectivity index (χ3n) is 3.99. The fourth-order valence-electron chi connectivity index (χ4n) is 2.92. The quantitative estimate of drug-likeness (QED) is 0.224. The van der Waals surface area contributed by atoms with Crippen molar-refractivity contribution in [2.75, 3.05) is 0 Å². The molecule has 0 radical (unpaired) electrons. The molecular formula is C25H30Cl2FeN6O8. The van der Waals surface area contributed by atoms with Crippen LogP contribution in [0.25, 0.3) is 0 Å². The van der Waals surface area contributed by atoms with Gasteiger partial charge in [-0.3, -0.25) is 19.9 Å². The Bertz CT molecular complexity index is 1090. The van der Waals surface area contributed by atoms with Crippen molar-refractivity contribution in [3.8, 4) is 12.1 Å². The number of nitriles is 2. The van der Waals surface area contributed by atoms with Crippen molar-refractivity contribution < 1.29 is 74.8 Å². The van der Waals surface area contributed by atoms with Crippen molar-refractivity contribution >= 4 is 0 Å². The Hall–Kier alpha value is -2.83. The van der Waals surface area contributed by atoms with E-state index < -0.39 is 20.5 Å². The minimum Gasteiger partial charge on any atom is -0.286 e. The summed E-state index contributed by atoms with van der Waals surface area (Å²) in [5, 5.41) is 14.6. The summed E-state index contributed by atoms with van der Waals surface area (Å²) in [5.74, 6) is 0. The van der Waals surface area contributed by atoms with Crippen LogP contribution in [0.5, 0.6) is 0 Å². The molecule has 3 aromatic heterocycles. The maximum absolute atomic E-state index is 8.49. The molecule has 0 saturated carbocycles. The minimum atomic E-state index is -4.94. The molecule has 0 bridgehead atoms. The second-order valence-electron chi connectivity index (χ2n) is 7.66. The normalized spacial score (nSPS) is 9.81. The summed E-state index contributed by atoms with van der Waals surface area (Å²) < 4.78 is 67.9. The Kier molecular flexibility index (Phi) is 24.6. The van der Waals surface area contributed by atoms with E-state index in [1.165, 1.54) is 13.8 Å². The number of nitrogens with zero attached hydrogens (tertiary/aromatic N) is 6. The van der Waals surface area contributed by atoms with Gasteiger partial charge in [0, 0.05) is 50.6 Å². The molecule has 3 heterocycles. The Labute approximate surface area is 259 Å². The first kappa shape index (κ1) is 43.6. The molecule has 230 valence electrons. The first-order valence-electron chi connectivity index (χ1n) is 11.3. The smallest absolute Gasteiger partial charge is 0.286 e. The van der Waals surface area contributed by atoms with Crippen LogP contribution in [-0.2, 0) is 36.7 Å². The van der Waals surface area contributed by atoms with Gasteiger partial charge in [0.15, 0.2) is 0 Å². The minimum absolute atomic E-state index is 0. The molecule has 3 rings (SSSR count). The first-order valence-corrected chi connectivity index (χ1v) is 13.7. The maximum atomic E-state index is 8.49. The first-order chi connectivity index (χ1) is 18.9. The summed E-state index contributed by atoms with van der Waals surface area (Å²) in [6.45, 7) is 11.3. The van der Waals surface area contributed by atoms with Crippen molar-refractivity contribution in [3.63, 3.8) is 0 Å². The molecule has 0 spiro atoms. The third kappa shape index (κ3) is 31.7. The van der Waals surface area contributed by atoms with Crippen LogP contribution in [0.15, 0.2) is 54.6 Å². The molecular weight excluding hydrogens is 639 g/mol. The van der Waals surface area contributed by atoms with Crippen molar-refractivity contribution in [3.05, 3.63) is 88.8 Å². The summed E-state index contributed by atoms with van der Waals surface area (Å²) in [7, 11) is -9.89. The molecule has 0 saturated heterocycles. The zero-order valence-corrected chi connectivity index (χ0v) is 26.0. The van der Waals surface area contributed by atoms with Gasteiger partial charge in [-0.1, -0.05) is 18.2 Å². The predicted octanol–water partition coefficient (Wildman–Crippen LogP) is -4.46. The summed E-state index contributed by atoms with van der Waals surface area (Å²) >= 11 is 0. The van der Waals surface area contributed by atoms with Crippen LogP contribution in [0, 0.1) is 63.9 Å². The van der Waals surface area contributed by atoms with Crippen LogP contribution in [0.1, 0.15) is 48.0 Å². The monoisotopic (exact) mass is 668 g/mol. The molecule has 0 aromatic carbocycles. The number of rotatable bonds is 6. The van der Waals surface area contributed by atoms with E-state index in [2.05, 4.69) is 56.3 Å². The second kappa shape index (κ2) is 23.7. The molecule has 0 aliphatic heterocycles. The number of aryl methyl sites for hydroxylation is 3. The number of hydrogen-bond acceptors (Lipinski definition) is 14. The average Bonchev–Trinajstić information content (AvgIpc) is 2.78. The largest absolute Gasteiger partial charge is 2.00 e. The standard InChI is InChI=1S/C21H24N4.2C2H3N.2ClHO4.Fe/c1-16-7-4-10-19(22-16)13-25(14-20-11-5-8-17(2)23-20)15-21-12-6-9-18(3)24-21;2*1-2-3;2*2-1(3,4)5;/h4-12H,13-15H2,1-3H3;2*1H3;2*(H,2,3,4,5);/q;;;;;+2/p-2. The number of hydrogen-bond donors (Lipinski definition) is 0. The van der Waals surface area contributed by atoms with E-state index in [0.29, 0.717) is 0 Å². The van der Waals surface area contributed by atoms with Gasteiger partial charge in [0.2, 0.25) is 0 Å². The van der Waals surface area contributed by atoms with E-state index in [4.69, 9.17) is 47.8 Å². The van der Waals surface area contributed by atoms with Crippen molar-refractivity contribution in [2.45, 2.75) is 54.3 Å². The van der Waals surface area contributed by atoms with Crippen LogP contribution in [0.3, 0.4) is 0 Å². The van der Waals surface area contributed by atoms with Crippen molar-refractivity contribution in [1.82, 2.24) is 19.9 Å². The van der Waals surface area contributed by atoms with Gasteiger partial charge in [0.05, 0.1) is 29.2 Å². The summed E-state index contributed by atoms with van der Waals surface area (Å²) in [6.07, 6.45) is 0. The molecule has 17 heteroatoms. The molecule has 0 N–H and O–H groups in total. The van der Waals surface area contributed by atoms with Gasteiger partial charge in [-0.2, -0.15) is 10.5 Å². The molecule has 3 aromatic rings. The van der Waals surface area contributed by atoms with E-state index in [-0.39, 0.29) is 17.1 Å². The molecule has 0 fully saturated rings. The van der Waals surface area contributed by atoms with Gasteiger partial charge < -0.3 is 0 Å².